The topological polar surface area (TPSA) is 54.5 Å². The fourth-order valence-corrected chi connectivity index (χ4v) is 5.67. The van der Waals surface area contributed by atoms with Crippen molar-refractivity contribution in [3.8, 4) is 0 Å². The van der Waals surface area contributed by atoms with Crippen LogP contribution in [0.15, 0.2) is 0 Å². The molecule has 2 aliphatic rings. The van der Waals surface area contributed by atoms with Gasteiger partial charge < -0.3 is 0 Å². The van der Waals surface area contributed by atoms with E-state index < -0.39 is 15.2 Å². The van der Waals surface area contributed by atoms with Crippen LogP contribution in [-0.4, -0.2) is 54.3 Å². The molecule has 6 heteroatoms. The second kappa shape index (κ2) is 5.28. The highest BCUT2D eigenvalue weighted by Gasteiger charge is 2.40. The Kier molecular flexibility index (Phi) is 4.15. The van der Waals surface area contributed by atoms with E-state index in [1.54, 1.807) is 18.7 Å². The standard InChI is InChI=1S/C11H19NO3S2/c1-2-17(14,15)11-8-16-7-6-12(11)9-4-3-5-10(9)13/h9,11H,2-8H2,1H3. The quantitative estimate of drug-likeness (QED) is 0.768. The normalized spacial score (nSPS) is 31.9. The summed E-state index contributed by atoms with van der Waals surface area (Å²) in [6, 6.07) is -0.137. The molecule has 0 N–H and O–H groups in total. The van der Waals surface area contributed by atoms with Crippen LogP contribution in [0, 0.1) is 0 Å². The van der Waals surface area contributed by atoms with Gasteiger partial charge in [0.15, 0.2) is 9.84 Å². The van der Waals surface area contributed by atoms with Gasteiger partial charge in [-0.05, 0) is 12.8 Å². The van der Waals surface area contributed by atoms with E-state index in [0.717, 1.165) is 25.1 Å². The van der Waals surface area contributed by atoms with Crippen molar-refractivity contribution >= 4 is 27.4 Å². The molecule has 98 valence electrons. The third-order valence-electron chi connectivity index (χ3n) is 3.61. The van der Waals surface area contributed by atoms with Gasteiger partial charge in [0.05, 0.1) is 6.04 Å². The smallest absolute Gasteiger partial charge is 0.166 e. The van der Waals surface area contributed by atoms with Crippen LogP contribution < -0.4 is 0 Å². The summed E-state index contributed by atoms with van der Waals surface area (Å²) in [6.07, 6.45) is 2.36. The van der Waals surface area contributed by atoms with E-state index in [2.05, 4.69) is 0 Å². The third kappa shape index (κ3) is 2.69. The van der Waals surface area contributed by atoms with Crippen LogP contribution in [0.25, 0.3) is 0 Å². The summed E-state index contributed by atoms with van der Waals surface area (Å²) in [4.78, 5) is 13.7. The van der Waals surface area contributed by atoms with Gasteiger partial charge in [-0.3, -0.25) is 9.69 Å². The fraction of sp³-hybridized carbons (Fsp3) is 0.909. The molecular weight excluding hydrogens is 258 g/mol. The van der Waals surface area contributed by atoms with E-state index in [1.165, 1.54) is 0 Å². The molecule has 1 aliphatic heterocycles. The third-order valence-corrected chi connectivity index (χ3v) is 6.92. The van der Waals surface area contributed by atoms with Crippen LogP contribution in [0.4, 0.5) is 0 Å². The lowest BCUT2D eigenvalue weighted by Crippen LogP contribution is -2.53. The number of nitrogens with zero attached hydrogens (tertiary/aromatic N) is 1. The molecule has 1 heterocycles. The second-order valence-electron chi connectivity index (χ2n) is 4.59. The van der Waals surface area contributed by atoms with Crippen molar-refractivity contribution in [2.24, 2.45) is 0 Å². The molecule has 0 aromatic carbocycles. The van der Waals surface area contributed by atoms with Crippen molar-refractivity contribution in [1.82, 2.24) is 4.90 Å². The molecule has 1 saturated heterocycles. The van der Waals surface area contributed by atoms with Crippen LogP contribution >= 0.6 is 11.8 Å². The van der Waals surface area contributed by atoms with Crippen molar-refractivity contribution in [2.75, 3.05) is 23.8 Å². The summed E-state index contributed by atoms with van der Waals surface area (Å²) < 4.78 is 24.1. The summed E-state index contributed by atoms with van der Waals surface area (Å²) in [7, 11) is -3.08. The molecular formula is C11H19NO3S2. The molecule has 2 unspecified atom stereocenters. The van der Waals surface area contributed by atoms with Crippen LogP contribution in [0.2, 0.25) is 0 Å². The first-order valence-corrected chi connectivity index (χ1v) is 9.01. The summed E-state index contributed by atoms with van der Waals surface area (Å²) in [6.45, 7) is 2.41. The molecule has 2 fully saturated rings. The largest absolute Gasteiger partial charge is 0.298 e. The van der Waals surface area contributed by atoms with E-state index in [1.807, 2.05) is 4.90 Å². The van der Waals surface area contributed by atoms with Crippen LogP contribution in [0.1, 0.15) is 26.2 Å². The molecule has 1 aliphatic carbocycles. The Labute approximate surface area is 107 Å². The lowest BCUT2D eigenvalue weighted by molar-refractivity contribution is -0.122. The maximum absolute atomic E-state index is 12.1. The lowest BCUT2D eigenvalue weighted by Gasteiger charge is -2.38. The van der Waals surface area contributed by atoms with Gasteiger partial charge in [-0.2, -0.15) is 11.8 Å². The highest BCUT2D eigenvalue weighted by molar-refractivity contribution is 8.01. The van der Waals surface area contributed by atoms with Gasteiger partial charge in [0.25, 0.3) is 0 Å². The Hall–Kier alpha value is -0.0700. The number of hydrogen-bond acceptors (Lipinski definition) is 5. The molecule has 2 atom stereocenters. The number of ketones is 1. The first-order valence-electron chi connectivity index (χ1n) is 6.14. The van der Waals surface area contributed by atoms with E-state index in [0.29, 0.717) is 12.2 Å². The molecule has 0 aromatic rings. The van der Waals surface area contributed by atoms with E-state index in [-0.39, 0.29) is 17.6 Å². The number of rotatable bonds is 3. The van der Waals surface area contributed by atoms with Gasteiger partial charge in [-0.25, -0.2) is 8.42 Å². The molecule has 0 aromatic heterocycles. The van der Waals surface area contributed by atoms with E-state index >= 15 is 0 Å². The van der Waals surface area contributed by atoms with Crippen molar-refractivity contribution in [3.05, 3.63) is 0 Å². The van der Waals surface area contributed by atoms with E-state index in [9.17, 15) is 13.2 Å². The minimum absolute atomic E-state index is 0.137. The van der Waals surface area contributed by atoms with Gasteiger partial charge in [0, 0.05) is 30.2 Å². The zero-order valence-electron chi connectivity index (χ0n) is 10.1. The highest BCUT2D eigenvalue weighted by atomic mass is 32.2. The number of Topliss-reactive ketones (excluding diaryl/α,β-unsaturated/α-hetero) is 1. The molecule has 0 spiro atoms. The van der Waals surface area contributed by atoms with Gasteiger partial charge >= 0.3 is 0 Å². The number of thioether (sulfide) groups is 1. The molecule has 0 bridgehead atoms. The molecule has 1 saturated carbocycles. The molecule has 2 rings (SSSR count). The number of sulfone groups is 1. The van der Waals surface area contributed by atoms with E-state index in [4.69, 9.17) is 0 Å². The SMILES string of the molecule is CCS(=O)(=O)C1CSCCN1C1CCCC1=O. The zero-order chi connectivity index (χ0) is 12.5. The van der Waals surface area contributed by atoms with Crippen molar-refractivity contribution in [3.63, 3.8) is 0 Å². The molecule has 4 nitrogen and oxygen atoms in total. The summed E-state index contributed by atoms with van der Waals surface area (Å²) in [5, 5.41) is -0.446. The highest BCUT2D eigenvalue weighted by Crippen LogP contribution is 2.29. The molecule has 0 amide bonds. The zero-order valence-corrected chi connectivity index (χ0v) is 11.7. The fourth-order valence-electron chi connectivity index (χ4n) is 2.60. The minimum Gasteiger partial charge on any atom is -0.298 e. The average molecular weight is 277 g/mol. The van der Waals surface area contributed by atoms with Crippen molar-refractivity contribution in [2.45, 2.75) is 37.6 Å². The summed E-state index contributed by atoms with van der Waals surface area (Å²) in [5.74, 6) is 1.93. The Morgan fingerprint density at radius 1 is 1.47 bits per heavy atom. The molecule has 17 heavy (non-hydrogen) atoms. The number of carbonyl (C=O) groups excluding carboxylic acids is 1. The van der Waals surface area contributed by atoms with Crippen molar-refractivity contribution < 1.29 is 13.2 Å². The molecule has 0 radical (unpaired) electrons. The Balaban J connectivity index is 2.20. The summed E-state index contributed by atoms with van der Waals surface area (Å²) in [5.41, 5.74) is 0. The lowest BCUT2D eigenvalue weighted by atomic mass is 10.2. The first-order chi connectivity index (χ1) is 8.06. The number of hydrogen-bond donors (Lipinski definition) is 0. The minimum atomic E-state index is -3.08. The summed E-state index contributed by atoms with van der Waals surface area (Å²) >= 11 is 1.68. The number of carbonyl (C=O) groups is 1. The Bertz CT molecular complexity index is 394. The average Bonchev–Trinajstić information content (AvgIpc) is 2.75. The monoisotopic (exact) mass is 277 g/mol. The Morgan fingerprint density at radius 3 is 2.82 bits per heavy atom. The maximum atomic E-state index is 12.1. The van der Waals surface area contributed by atoms with Crippen LogP contribution in [0.5, 0.6) is 0 Å². The van der Waals surface area contributed by atoms with Gasteiger partial charge in [0.2, 0.25) is 0 Å². The van der Waals surface area contributed by atoms with Crippen LogP contribution in [0.3, 0.4) is 0 Å². The van der Waals surface area contributed by atoms with Crippen molar-refractivity contribution in [1.29, 1.82) is 0 Å². The first kappa shape index (κ1) is 13.4. The maximum Gasteiger partial charge on any atom is 0.166 e. The van der Waals surface area contributed by atoms with Gasteiger partial charge in [-0.15, -0.1) is 0 Å². The second-order valence-corrected chi connectivity index (χ2v) is 8.19. The Morgan fingerprint density at radius 2 is 2.24 bits per heavy atom. The predicted molar refractivity (Wildman–Crippen MR) is 69.9 cm³/mol. The predicted octanol–water partition coefficient (Wildman–Crippen LogP) is 0.918. The van der Waals surface area contributed by atoms with Gasteiger partial charge in [-0.1, -0.05) is 6.92 Å². The van der Waals surface area contributed by atoms with Gasteiger partial charge in [0.1, 0.15) is 11.2 Å². The van der Waals surface area contributed by atoms with Crippen LogP contribution in [-0.2, 0) is 14.6 Å².